The molecule has 0 atom stereocenters. The molecule has 4 heteroatoms. The van der Waals surface area contributed by atoms with Gasteiger partial charge in [-0.25, -0.2) is 0 Å². The van der Waals surface area contributed by atoms with E-state index in [2.05, 4.69) is 48.2 Å². The Kier molecular flexibility index (Phi) is 7.23. The maximum Gasteiger partial charge on any atom is 0.119 e. The summed E-state index contributed by atoms with van der Waals surface area (Å²) < 4.78 is 18.5. The molecule has 3 aromatic rings. The largest absolute Gasteiger partial charge is 0.508 e. The number of nitrogens with zero attached hydrogens (tertiary/aromatic N) is 1. The van der Waals surface area contributed by atoms with Gasteiger partial charge in [0.25, 0.3) is 0 Å². The highest BCUT2D eigenvalue weighted by Crippen LogP contribution is 2.35. The van der Waals surface area contributed by atoms with Gasteiger partial charge < -0.3 is 9.84 Å². The number of alkyl halides is 1. The van der Waals surface area contributed by atoms with E-state index in [1.165, 1.54) is 11.1 Å². The number of benzene rings is 3. The third-order valence-electron chi connectivity index (χ3n) is 6.00. The van der Waals surface area contributed by atoms with Crippen molar-refractivity contribution in [1.82, 2.24) is 4.90 Å². The molecular weight excluding hydrogens is 401 g/mol. The molecule has 0 aromatic heterocycles. The van der Waals surface area contributed by atoms with E-state index < -0.39 is 0 Å². The van der Waals surface area contributed by atoms with Crippen LogP contribution in [0.4, 0.5) is 4.39 Å². The molecule has 0 amide bonds. The Bertz CT molecular complexity index is 1020. The highest BCUT2D eigenvalue weighted by Gasteiger charge is 2.25. The molecule has 1 N–H and O–H groups in total. The van der Waals surface area contributed by atoms with Crippen molar-refractivity contribution in [1.29, 1.82) is 0 Å². The number of likely N-dealkylation sites (tertiary alicyclic amines) is 1. The average molecular weight is 432 g/mol. The molecule has 1 aliphatic rings. The van der Waals surface area contributed by atoms with Crippen LogP contribution in [0, 0.1) is 5.92 Å². The van der Waals surface area contributed by atoms with Gasteiger partial charge in [-0.3, -0.25) is 9.29 Å². The van der Waals surface area contributed by atoms with Crippen LogP contribution in [0.5, 0.6) is 11.5 Å². The molecule has 1 saturated heterocycles. The SMILES string of the molecule is CC/C(=C(\c1ccc(O)cc1)c1ccc(OCCN2CC(CF)C2)cc1)c1ccccc1. The van der Waals surface area contributed by atoms with E-state index in [0.29, 0.717) is 6.61 Å². The molecular formula is C28H30FNO2. The summed E-state index contributed by atoms with van der Waals surface area (Å²) in [6.07, 6.45) is 0.883. The van der Waals surface area contributed by atoms with Crippen LogP contribution >= 0.6 is 0 Å². The summed E-state index contributed by atoms with van der Waals surface area (Å²) in [6, 6.07) is 26.0. The number of phenols is 1. The van der Waals surface area contributed by atoms with Crippen LogP contribution < -0.4 is 4.74 Å². The Labute approximate surface area is 189 Å². The van der Waals surface area contributed by atoms with Crippen LogP contribution in [-0.4, -0.2) is 42.9 Å². The van der Waals surface area contributed by atoms with E-state index in [1.807, 2.05) is 30.3 Å². The summed E-state index contributed by atoms with van der Waals surface area (Å²) >= 11 is 0. The third-order valence-corrected chi connectivity index (χ3v) is 6.00. The maximum atomic E-state index is 12.6. The summed E-state index contributed by atoms with van der Waals surface area (Å²) in [5, 5.41) is 9.78. The normalized spacial score (nSPS) is 15.2. The van der Waals surface area contributed by atoms with E-state index in [9.17, 15) is 9.50 Å². The van der Waals surface area contributed by atoms with Crippen LogP contribution in [0.2, 0.25) is 0 Å². The van der Waals surface area contributed by atoms with E-state index in [1.54, 1.807) is 12.1 Å². The monoisotopic (exact) mass is 431 g/mol. The lowest BCUT2D eigenvalue weighted by atomic mass is 9.88. The number of hydrogen-bond acceptors (Lipinski definition) is 3. The second-order valence-electron chi connectivity index (χ2n) is 8.27. The van der Waals surface area contributed by atoms with Crippen molar-refractivity contribution in [2.75, 3.05) is 32.9 Å². The van der Waals surface area contributed by atoms with Crippen molar-refractivity contribution < 1.29 is 14.2 Å². The first-order valence-electron chi connectivity index (χ1n) is 11.3. The highest BCUT2D eigenvalue weighted by molar-refractivity contribution is 5.98. The van der Waals surface area contributed by atoms with E-state index in [4.69, 9.17) is 4.74 Å². The fraction of sp³-hybridized carbons (Fsp3) is 0.286. The second-order valence-corrected chi connectivity index (χ2v) is 8.27. The zero-order valence-electron chi connectivity index (χ0n) is 18.5. The zero-order valence-corrected chi connectivity index (χ0v) is 18.5. The lowest BCUT2D eigenvalue weighted by Gasteiger charge is -2.37. The van der Waals surface area contributed by atoms with Gasteiger partial charge in [-0.2, -0.15) is 0 Å². The van der Waals surface area contributed by atoms with Crippen LogP contribution in [0.25, 0.3) is 11.1 Å². The third kappa shape index (κ3) is 5.20. The quantitative estimate of drug-likeness (QED) is 0.419. The van der Waals surface area contributed by atoms with Gasteiger partial charge in [0.15, 0.2) is 0 Å². The summed E-state index contributed by atoms with van der Waals surface area (Å²) in [4.78, 5) is 2.22. The van der Waals surface area contributed by atoms with Gasteiger partial charge in [-0.05, 0) is 58.5 Å². The zero-order chi connectivity index (χ0) is 22.3. The number of phenolic OH excluding ortho intramolecular Hbond substituents is 1. The first-order valence-corrected chi connectivity index (χ1v) is 11.3. The number of halogens is 1. The molecule has 166 valence electrons. The van der Waals surface area contributed by atoms with Crippen molar-refractivity contribution >= 4 is 11.1 Å². The lowest BCUT2D eigenvalue weighted by molar-refractivity contribution is 0.0668. The predicted octanol–water partition coefficient (Wildman–Crippen LogP) is 6.04. The van der Waals surface area contributed by atoms with Crippen LogP contribution in [0.1, 0.15) is 30.0 Å². The molecule has 0 spiro atoms. The Hall–Kier alpha value is -3.11. The molecule has 4 rings (SSSR count). The number of allylic oxidation sites excluding steroid dienone is 1. The predicted molar refractivity (Wildman–Crippen MR) is 129 cm³/mol. The molecule has 0 aliphatic carbocycles. The fourth-order valence-electron chi connectivity index (χ4n) is 4.28. The molecule has 3 aromatic carbocycles. The van der Waals surface area contributed by atoms with Gasteiger partial charge in [0.1, 0.15) is 18.1 Å². The van der Waals surface area contributed by atoms with Crippen molar-refractivity contribution in [2.24, 2.45) is 5.92 Å². The summed E-state index contributed by atoms with van der Waals surface area (Å²) in [7, 11) is 0. The Balaban J connectivity index is 1.56. The molecule has 0 radical (unpaired) electrons. The smallest absolute Gasteiger partial charge is 0.119 e. The minimum Gasteiger partial charge on any atom is -0.508 e. The minimum absolute atomic E-state index is 0.205. The Morgan fingerprint density at radius 3 is 2.12 bits per heavy atom. The average Bonchev–Trinajstić information content (AvgIpc) is 2.81. The summed E-state index contributed by atoms with van der Waals surface area (Å²) in [6.45, 7) is 5.04. The van der Waals surface area contributed by atoms with Crippen LogP contribution in [0.15, 0.2) is 78.9 Å². The maximum absolute atomic E-state index is 12.6. The number of aromatic hydroxyl groups is 1. The Morgan fingerprint density at radius 1 is 0.906 bits per heavy atom. The fourth-order valence-corrected chi connectivity index (χ4v) is 4.28. The standard InChI is InChI=1S/C28H30FNO2/c1-2-27(22-6-4-3-5-7-22)28(23-8-12-25(31)13-9-23)24-10-14-26(15-11-24)32-17-16-30-19-21(18-29)20-30/h3-15,21,31H,2,16-20H2,1H3/b28-27-. The van der Waals surface area contributed by atoms with Crippen molar-refractivity contribution in [3.8, 4) is 11.5 Å². The lowest BCUT2D eigenvalue weighted by Crippen LogP contribution is -2.49. The number of hydrogen-bond donors (Lipinski definition) is 1. The topological polar surface area (TPSA) is 32.7 Å². The first-order chi connectivity index (χ1) is 15.7. The molecule has 0 unspecified atom stereocenters. The van der Waals surface area contributed by atoms with Crippen molar-refractivity contribution in [3.05, 3.63) is 95.6 Å². The molecule has 1 aliphatic heterocycles. The highest BCUT2D eigenvalue weighted by atomic mass is 19.1. The van der Waals surface area contributed by atoms with E-state index in [-0.39, 0.29) is 18.3 Å². The minimum atomic E-state index is -0.224. The van der Waals surface area contributed by atoms with Gasteiger partial charge in [-0.15, -0.1) is 0 Å². The van der Waals surface area contributed by atoms with Gasteiger partial charge in [0.2, 0.25) is 0 Å². The van der Waals surface area contributed by atoms with Gasteiger partial charge in [0.05, 0.1) is 6.67 Å². The summed E-state index contributed by atoms with van der Waals surface area (Å²) in [5.74, 6) is 1.30. The molecule has 1 fully saturated rings. The number of ether oxygens (including phenoxy) is 1. The Morgan fingerprint density at radius 2 is 1.53 bits per heavy atom. The molecule has 0 bridgehead atoms. The van der Waals surface area contributed by atoms with Gasteiger partial charge in [0, 0.05) is 25.6 Å². The van der Waals surface area contributed by atoms with Crippen LogP contribution in [-0.2, 0) is 0 Å². The molecule has 1 heterocycles. The van der Waals surface area contributed by atoms with Crippen molar-refractivity contribution in [3.63, 3.8) is 0 Å². The first kappa shape index (κ1) is 22.1. The van der Waals surface area contributed by atoms with E-state index >= 15 is 0 Å². The number of rotatable bonds is 9. The molecule has 0 saturated carbocycles. The van der Waals surface area contributed by atoms with Gasteiger partial charge >= 0.3 is 0 Å². The van der Waals surface area contributed by atoms with E-state index in [0.717, 1.165) is 48.5 Å². The summed E-state index contributed by atoms with van der Waals surface area (Å²) in [5.41, 5.74) is 5.78. The van der Waals surface area contributed by atoms with Crippen molar-refractivity contribution in [2.45, 2.75) is 13.3 Å². The van der Waals surface area contributed by atoms with Crippen LogP contribution in [0.3, 0.4) is 0 Å². The second kappa shape index (κ2) is 10.5. The van der Waals surface area contributed by atoms with Gasteiger partial charge in [-0.1, -0.05) is 61.5 Å². The molecule has 32 heavy (non-hydrogen) atoms. The molecule has 3 nitrogen and oxygen atoms in total.